The topological polar surface area (TPSA) is 28.4 Å². The van der Waals surface area contributed by atoms with Gasteiger partial charge in [0, 0.05) is 12.7 Å². The molecule has 0 aliphatic heterocycles. The van der Waals surface area contributed by atoms with Crippen LogP contribution in [0.25, 0.3) is 0 Å². The van der Waals surface area contributed by atoms with Gasteiger partial charge in [0.1, 0.15) is 5.76 Å². The minimum absolute atomic E-state index is 0.657. The van der Waals surface area contributed by atoms with Crippen molar-refractivity contribution in [3.63, 3.8) is 0 Å². The summed E-state index contributed by atoms with van der Waals surface area (Å²) < 4.78 is 5.30. The number of hydrogen-bond donors (Lipinski definition) is 1. The molecule has 0 saturated heterocycles. The van der Waals surface area contributed by atoms with Crippen molar-refractivity contribution in [2.45, 2.75) is 13.5 Å². The largest absolute Gasteiger partial charge is 0.467 e. The third kappa shape index (κ3) is 3.11. The Balaban J connectivity index is 1.98. The molecule has 1 aromatic carbocycles. The molecular weight excluding hydrogens is 244 g/mol. The lowest BCUT2D eigenvalue weighted by Crippen LogP contribution is -2.30. The number of hydrogen-bond acceptors (Lipinski definition) is 2. The molecule has 1 aromatic heterocycles. The monoisotopic (exact) mass is 260 g/mol. The number of nitrogens with zero attached hydrogens (tertiary/aromatic N) is 1. The number of para-hydroxylation sites is 1. The zero-order valence-electron chi connectivity index (χ0n) is 10.5. The molecule has 0 unspecified atom stereocenters. The van der Waals surface area contributed by atoms with E-state index in [4.69, 9.17) is 16.6 Å². The molecule has 0 amide bonds. The van der Waals surface area contributed by atoms with Crippen molar-refractivity contribution in [3.05, 3.63) is 54.0 Å². The summed E-state index contributed by atoms with van der Waals surface area (Å²) in [7, 11) is 1.94. The van der Waals surface area contributed by atoms with Crippen LogP contribution < -0.4 is 5.32 Å². The number of furan rings is 1. The van der Waals surface area contributed by atoms with Crippen LogP contribution in [0.3, 0.4) is 0 Å². The summed E-state index contributed by atoms with van der Waals surface area (Å²) >= 11 is 5.36. The van der Waals surface area contributed by atoms with Gasteiger partial charge in [-0.2, -0.15) is 0 Å². The number of aryl methyl sites for hydroxylation is 1. The van der Waals surface area contributed by atoms with Crippen LogP contribution in [0.2, 0.25) is 0 Å². The lowest BCUT2D eigenvalue weighted by Gasteiger charge is -2.20. The molecule has 18 heavy (non-hydrogen) atoms. The Labute approximate surface area is 112 Å². The van der Waals surface area contributed by atoms with Gasteiger partial charge in [-0.05, 0) is 42.9 Å². The summed E-state index contributed by atoms with van der Waals surface area (Å²) in [5.41, 5.74) is 2.21. The van der Waals surface area contributed by atoms with Crippen molar-refractivity contribution in [3.8, 4) is 0 Å². The summed E-state index contributed by atoms with van der Waals surface area (Å²) in [5.74, 6) is 0.895. The maximum absolute atomic E-state index is 5.36. The fourth-order valence-electron chi connectivity index (χ4n) is 1.63. The van der Waals surface area contributed by atoms with Gasteiger partial charge in [0.2, 0.25) is 0 Å². The van der Waals surface area contributed by atoms with E-state index in [9.17, 15) is 0 Å². The molecule has 94 valence electrons. The van der Waals surface area contributed by atoms with E-state index in [1.54, 1.807) is 6.26 Å². The lowest BCUT2D eigenvalue weighted by molar-refractivity contribution is 0.414. The van der Waals surface area contributed by atoms with Crippen LogP contribution in [0.4, 0.5) is 5.69 Å². The quantitative estimate of drug-likeness (QED) is 0.856. The maximum atomic E-state index is 5.36. The van der Waals surface area contributed by atoms with Gasteiger partial charge in [0.15, 0.2) is 5.11 Å². The molecule has 2 aromatic rings. The van der Waals surface area contributed by atoms with Gasteiger partial charge in [-0.15, -0.1) is 0 Å². The molecule has 3 nitrogen and oxygen atoms in total. The van der Waals surface area contributed by atoms with Crippen LogP contribution in [0.5, 0.6) is 0 Å². The summed E-state index contributed by atoms with van der Waals surface area (Å²) in [6.07, 6.45) is 1.67. The number of rotatable bonds is 3. The average molecular weight is 260 g/mol. The average Bonchev–Trinajstić information content (AvgIpc) is 2.84. The van der Waals surface area contributed by atoms with Crippen molar-refractivity contribution < 1.29 is 4.42 Å². The molecular formula is C14H16N2OS. The van der Waals surface area contributed by atoms with Crippen LogP contribution in [0.15, 0.2) is 47.1 Å². The Bertz CT molecular complexity index is 522. The van der Waals surface area contributed by atoms with E-state index in [0.717, 1.165) is 11.4 Å². The van der Waals surface area contributed by atoms with Gasteiger partial charge in [0.05, 0.1) is 12.8 Å². The van der Waals surface area contributed by atoms with Crippen molar-refractivity contribution in [2.24, 2.45) is 0 Å². The highest BCUT2D eigenvalue weighted by molar-refractivity contribution is 7.80. The van der Waals surface area contributed by atoms with Gasteiger partial charge >= 0.3 is 0 Å². The second-order valence-corrected chi connectivity index (χ2v) is 4.57. The van der Waals surface area contributed by atoms with E-state index in [0.29, 0.717) is 11.7 Å². The number of nitrogens with one attached hydrogen (secondary N) is 1. The van der Waals surface area contributed by atoms with Crippen LogP contribution in [-0.4, -0.2) is 17.1 Å². The van der Waals surface area contributed by atoms with E-state index in [-0.39, 0.29) is 0 Å². The van der Waals surface area contributed by atoms with Gasteiger partial charge in [-0.25, -0.2) is 0 Å². The summed E-state index contributed by atoms with van der Waals surface area (Å²) in [4.78, 5) is 1.95. The first-order valence-electron chi connectivity index (χ1n) is 5.77. The molecule has 2 rings (SSSR count). The molecule has 0 aliphatic rings. The Hall–Kier alpha value is -1.81. The summed E-state index contributed by atoms with van der Waals surface area (Å²) in [5, 5.41) is 3.92. The predicted molar refractivity (Wildman–Crippen MR) is 77.6 cm³/mol. The molecule has 0 fully saturated rings. The summed E-state index contributed by atoms with van der Waals surface area (Å²) in [6.45, 7) is 2.71. The number of thiocarbonyl (C=S) groups is 1. The van der Waals surface area contributed by atoms with Crippen LogP contribution >= 0.6 is 12.2 Å². The fourth-order valence-corrected chi connectivity index (χ4v) is 1.81. The third-order valence-electron chi connectivity index (χ3n) is 2.71. The smallest absolute Gasteiger partial charge is 0.173 e. The second-order valence-electron chi connectivity index (χ2n) is 4.18. The van der Waals surface area contributed by atoms with Crippen molar-refractivity contribution in [1.29, 1.82) is 0 Å². The highest BCUT2D eigenvalue weighted by atomic mass is 32.1. The molecule has 0 aliphatic carbocycles. The van der Waals surface area contributed by atoms with Gasteiger partial charge in [-0.1, -0.05) is 18.2 Å². The molecule has 0 spiro atoms. The molecule has 0 bridgehead atoms. The first-order chi connectivity index (χ1) is 8.66. The van der Waals surface area contributed by atoms with Gasteiger partial charge in [0.25, 0.3) is 0 Å². The zero-order chi connectivity index (χ0) is 13.0. The molecule has 0 radical (unpaired) electrons. The summed E-state index contributed by atoms with van der Waals surface area (Å²) in [6, 6.07) is 11.9. The van der Waals surface area contributed by atoms with Crippen LogP contribution in [0.1, 0.15) is 11.3 Å². The zero-order valence-corrected chi connectivity index (χ0v) is 11.3. The van der Waals surface area contributed by atoms with E-state index >= 15 is 0 Å². The van der Waals surface area contributed by atoms with E-state index < -0.39 is 0 Å². The van der Waals surface area contributed by atoms with Crippen molar-refractivity contribution in [1.82, 2.24) is 4.90 Å². The first-order valence-corrected chi connectivity index (χ1v) is 6.18. The highest BCUT2D eigenvalue weighted by Gasteiger charge is 2.07. The molecule has 4 heteroatoms. The normalized spacial score (nSPS) is 10.1. The van der Waals surface area contributed by atoms with Gasteiger partial charge in [-0.3, -0.25) is 0 Å². The first kappa shape index (κ1) is 12.6. The molecule has 1 heterocycles. The van der Waals surface area contributed by atoms with E-state index in [1.807, 2.05) is 42.3 Å². The molecule has 0 atom stereocenters. The Morgan fingerprint density at radius 1 is 1.28 bits per heavy atom. The Morgan fingerprint density at radius 3 is 2.72 bits per heavy atom. The third-order valence-corrected chi connectivity index (χ3v) is 3.12. The van der Waals surface area contributed by atoms with E-state index in [2.05, 4.69) is 18.3 Å². The Morgan fingerprint density at radius 2 is 2.06 bits per heavy atom. The molecule has 0 saturated carbocycles. The highest BCUT2D eigenvalue weighted by Crippen LogP contribution is 2.14. The lowest BCUT2D eigenvalue weighted by atomic mass is 10.2. The van der Waals surface area contributed by atoms with Crippen molar-refractivity contribution >= 4 is 23.0 Å². The SMILES string of the molecule is Cc1ccccc1NC(=S)N(C)Cc1ccco1. The van der Waals surface area contributed by atoms with Gasteiger partial charge < -0.3 is 14.6 Å². The van der Waals surface area contributed by atoms with Crippen molar-refractivity contribution in [2.75, 3.05) is 12.4 Å². The number of benzene rings is 1. The maximum Gasteiger partial charge on any atom is 0.173 e. The fraction of sp³-hybridized carbons (Fsp3) is 0.214. The molecule has 1 N–H and O–H groups in total. The van der Waals surface area contributed by atoms with Crippen LogP contribution in [-0.2, 0) is 6.54 Å². The predicted octanol–water partition coefficient (Wildman–Crippen LogP) is 3.42. The minimum Gasteiger partial charge on any atom is -0.467 e. The second kappa shape index (κ2) is 5.69. The Kier molecular flexibility index (Phi) is 3.99. The number of anilines is 1. The van der Waals surface area contributed by atoms with Crippen LogP contribution in [0, 0.1) is 6.92 Å². The standard InChI is InChI=1S/C14H16N2OS/c1-11-6-3-4-8-13(11)15-14(18)16(2)10-12-7-5-9-17-12/h3-9H,10H2,1-2H3,(H,15,18). The van der Waals surface area contributed by atoms with E-state index in [1.165, 1.54) is 5.56 Å². The minimum atomic E-state index is 0.657.